The van der Waals surface area contributed by atoms with Crippen LogP contribution in [0.5, 0.6) is 0 Å². The number of amides is 1. The molecule has 0 fully saturated rings. The van der Waals surface area contributed by atoms with E-state index in [4.69, 9.17) is 5.73 Å². The van der Waals surface area contributed by atoms with E-state index in [1.165, 1.54) is 0 Å². The Hall–Kier alpha value is -2.13. The van der Waals surface area contributed by atoms with E-state index in [1.54, 1.807) is 0 Å². The monoisotopic (exact) mass is 240 g/mol. The number of rotatable bonds is 4. The van der Waals surface area contributed by atoms with Crippen LogP contribution in [0.1, 0.15) is 10.4 Å². The van der Waals surface area contributed by atoms with Crippen LogP contribution in [-0.4, -0.2) is 19.0 Å². The third-order valence-corrected chi connectivity index (χ3v) is 2.69. The molecule has 3 N–H and O–H groups in total. The molecule has 0 aliphatic carbocycles. The van der Waals surface area contributed by atoms with Gasteiger partial charge in [-0.05, 0) is 17.2 Å². The number of hydrogen-bond acceptors (Lipinski definition) is 2. The van der Waals surface area contributed by atoms with Gasteiger partial charge in [-0.25, -0.2) is 0 Å². The fourth-order valence-electron chi connectivity index (χ4n) is 1.83. The lowest BCUT2D eigenvalue weighted by molar-refractivity contribution is 0.0955. The summed E-state index contributed by atoms with van der Waals surface area (Å²) in [6, 6.07) is 17.4. The molecule has 2 aromatic carbocycles. The average Bonchev–Trinajstić information content (AvgIpc) is 2.45. The van der Waals surface area contributed by atoms with Gasteiger partial charge in [0.15, 0.2) is 0 Å². The van der Waals surface area contributed by atoms with E-state index in [1.807, 2.05) is 54.6 Å². The highest BCUT2D eigenvalue weighted by atomic mass is 16.1. The molecule has 1 amide bonds. The molecule has 0 heterocycles. The summed E-state index contributed by atoms with van der Waals surface area (Å²) < 4.78 is 0. The molecule has 0 saturated carbocycles. The molecule has 2 rings (SSSR count). The van der Waals surface area contributed by atoms with Gasteiger partial charge in [-0.15, -0.1) is 0 Å². The summed E-state index contributed by atoms with van der Waals surface area (Å²) in [5.41, 5.74) is 8.04. The van der Waals surface area contributed by atoms with Crippen LogP contribution in [0.15, 0.2) is 54.6 Å². The summed E-state index contributed by atoms with van der Waals surface area (Å²) >= 11 is 0. The maximum atomic E-state index is 12.0. The van der Waals surface area contributed by atoms with E-state index < -0.39 is 0 Å². The Kier molecular flexibility index (Phi) is 4.10. The highest BCUT2D eigenvalue weighted by Gasteiger charge is 2.10. The van der Waals surface area contributed by atoms with Crippen LogP contribution in [-0.2, 0) is 0 Å². The van der Waals surface area contributed by atoms with Gasteiger partial charge in [-0.3, -0.25) is 4.79 Å². The Labute approximate surface area is 107 Å². The summed E-state index contributed by atoms with van der Waals surface area (Å²) in [5, 5.41) is 2.79. The van der Waals surface area contributed by atoms with E-state index in [-0.39, 0.29) is 5.91 Å². The van der Waals surface area contributed by atoms with E-state index in [0.29, 0.717) is 18.7 Å². The maximum absolute atomic E-state index is 12.0. The fourth-order valence-corrected chi connectivity index (χ4v) is 1.83. The van der Waals surface area contributed by atoms with Crippen molar-refractivity contribution in [3.8, 4) is 11.1 Å². The van der Waals surface area contributed by atoms with Crippen LogP contribution < -0.4 is 11.1 Å². The first-order valence-corrected chi connectivity index (χ1v) is 5.95. The van der Waals surface area contributed by atoms with E-state index in [0.717, 1.165) is 11.1 Å². The van der Waals surface area contributed by atoms with E-state index in [9.17, 15) is 4.79 Å². The summed E-state index contributed by atoms with van der Waals surface area (Å²) in [5.74, 6) is -0.0834. The molecule has 0 spiro atoms. The van der Waals surface area contributed by atoms with Crippen molar-refractivity contribution >= 4 is 5.91 Å². The Balaban J connectivity index is 2.34. The molecular formula is C15H16N2O. The SMILES string of the molecule is NCCNC(=O)c1ccccc1-c1ccccc1. The van der Waals surface area contributed by atoms with Gasteiger partial charge in [0, 0.05) is 18.7 Å². The molecule has 0 aliphatic rings. The summed E-state index contributed by atoms with van der Waals surface area (Å²) in [6.07, 6.45) is 0. The predicted molar refractivity (Wildman–Crippen MR) is 73.3 cm³/mol. The molecule has 0 bridgehead atoms. The molecule has 3 nitrogen and oxygen atoms in total. The lowest BCUT2D eigenvalue weighted by atomic mass is 9.99. The maximum Gasteiger partial charge on any atom is 0.251 e. The summed E-state index contributed by atoms with van der Waals surface area (Å²) in [7, 11) is 0. The fraction of sp³-hybridized carbons (Fsp3) is 0.133. The van der Waals surface area contributed by atoms with Crippen molar-refractivity contribution in [1.29, 1.82) is 0 Å². The van der Waals surface area contributed by atoms with Crippen LogP contribution in [0.2, 0.25) is 0 Å². The Bertz CT molecular complexity index is 523. The van der Waals surface area contributed by atoms with Gasteiger partial charge in [-0.1, -0.05) is 48.5 Å². The third-order valence-electron chi connectivity index (χ3n) is 2.69. The molecule has 2 aromatic rings. The zero-order valence-electron chi connectivity index (χ0n) is 10.1. The van der Waals surface area contributed by atoms with E-state index in [2.05, 4.69) is 5.32 Å². The number of hydrogen-bond donors (Lipinski definition) is 2. The Morgan fingerprint density at radius 1 is 1.00 bits per heavy atom. The Morgan fingerprint density at radius 3 is 2.39 bits per heavy atom. The van der Waals surface area contributed by atoms with Crippen molar-refractivity contribution < 1.29 is 4.79 Å². The normalized spacial score (nSPS) is 10.1. The van der Waals surface area contributed by atoms with Crippen molar-refractivity contribution in [3.05, 3.63) is 60.2 Å². The molecule has 3 heteroatoms. The van der Waals surface area contributed by atoms with Gasteiger partial charge in [0.05, 0.1) is 0 Å². The average molecular weight is 240 g/mol. The van der Waals surface area contributed by atoms with Crippen LogP contribution >= 0.6 is 0 Å². The first-order chi connectivity index (χ1) is 8.83. The topological polar surface area (TPSA) is 55.1 Å². The number of nitrogens with two attached hydrogens (primary N) is 1. The number of carbonyl (C=O) groups is 1. The van der Waals surface area contributed by atoms with Crippen LogP contribution in [0.3, 0.4) is 0 Å². The third kappa shape index (κ3) is 2.76. The zero-order chi connectivity index (χ0) is 12.8. The van der Waals surface area contributed by atoms with Gasteiger partial charge in [0.2, 0.25) is 0 Å². The van der Waals surface area contributed by atoms with Gasteiger partial charge >= 0.3 is 0 Å². The first kappa shape index (κ1) is 12.3. The largest absolute Gasteiger partial charge is 0.351 e. The van der Waals surface area contributed by atoms with Crippen LogP contribution in [0.4, 0.5) is 0 Å². The van der Waals surface area contributed by atoms with Crippen molar-refractivity contribution in [1.82, 2.24) is 5.32 Å². The predicted octanol–water partition coefficient (Wildman–Crippen LogP) is 2.04. The number of benzene rings is 2. The minimum Gasteiger partial charge on any atom is -0.351 e. The zero-order valence-corrected chi connectivity index (χ0v) is 10.1. The number of carbonyl (C=O) groups excluding carboxylic acids is 1. The smallest absolute Gasteiger partial charge is 0.251 e. The summed E-state index contributed by atoms with van der Waals surface area (Å²) in [4.78, 5) is 12.0. The van der Waals surface area contributed by atoms with Crippen LogP contribution in [0, 0.1) is 0 Å². The molecule has 0 radical (unpaired) electrons. The second-order valence-corrected chi connectivity index (χ2v) is 3.96. The molecule has 92 valence electrons. The molecule has 18 heavy (non-hydrogen) atoms. The quantitative estimate of drug-likeness (QED) is 0.859. The van der Waals surface area contributed by atoms with E-state index >= 15 is 0 Å². The number of nitrogens with one attached hydrogen (secondary N) is 1. The Morgan fingerprint density at radius 2 is 1.67 bits per heavy atom. The van der Waals surface area contributed by atoms with Gasteiger partial charge in [-0.2, -0.15) is 0 Å². The van der Waals surface area contributed by atoms with Crippen molar-refractivity contribution in [2.45, 2.75) is 0 Å². The molecular weight excluding hydrogens is 224 g/mol. The van der Waals surface area contributed by atoms with Gasteiger partial charge in [0.1, 0.15) is 0 Å². The minimum absolute atomic E-state index is 0.0834. The molecule has 0 atom stereocenters. The highest BCUT2D eigenvalue weighted by molar-refractivity contribution is 6.00. The standard InChI is InChI=1S/C15H16N2O/c16-10-11-17-15(18)14-9-5-4-8-13(14)12-6-2-1-3-7-12/h1-9H,10-11,16H2,(H,17,18). The van der Waals surface area contributed by atoms with Crippen LogP contribution in [0.25, 0.3) is 11.1 Å². The molecule has 0 aliphatic heterocycles. The van der Waals surface area contributed by atoms with Gasteiger partial charge < -0.3 is 11.1 Å². The lowest BCUT2D eigenvalue weighted by Crippen LogP contribution is -2.29. The minimum atomic E-state index is -0.0834. The lowest BCUT2D eigenvalue weighted by Gasteiger charge is -2.09. The molecule has 0 saturated heterocycles. The van der Waals surface area contributed by atoms with Gasteiger partial charge in [0.25, 0.3) is 5.91 Å². The molecule has 0 unspecified atom stereocenters. The van der Waals surface area contributed by atoms with Crippen molar-refractivity contribution in [2.24, 2.45) is 5.73 Å². The molecule has 0 aromatic heterocycles. The first-order valence-electron chi connectivity index (χ1n) is 5.95. The summed E-state index contributed by atoms with van der Waals surface area (Å²) in [6.45, 7) is 0.932. The second-order valence-electron chi connectivity index (χ2n) is 3.96. The van der Waals surface area contributed by atoms with Crippen molar-refractivity contribution in [2.75, 3.05) is 13.1 Å². The highest BCUT2D eigenvalue weighted by Crippen LogP contribution is 2.23. The second kappa shape index (κ2) is 5.98. The van der Waals surface area contributed by atoms with Crippen molar-refractivity contribution in [3.63, 3.8) is 0 Å².